The summed E-state index contributed by atoms with van der Waals surface area (Å²) in [5.74, 6) is 1.76. The van der Waals surface area contributed by atoms with Crippen molar-refractivity contribution >= 4 is 21.4 Å². The molecule has 0 bridgehead atoms. The Morgan fingerprint density at radius 3 is 2.41 bits per heavy atom. The highest BCUT2D eigenvalue weighted by atomic mass is 32.2. The van der Waals surface area contributed by atoms with E-state index < -0.39 is 9.84 Å². The highest BCUT2D eigenvalue weighted by Gasteiger charge is 2.30. The normalized spacial score (nSPS) is 12.9. The van der Waals surface area contributed by atoms with Gasteiger partial charge in [-0.3, -0.25) is 0 Å². The van der Waals surface area contributed by atoms with Crippen LogP contribution in [0.25, 0.3) is 11.5 Å². The maximum atomic E-state index is 13.6. The molecule has 1 N–H and O–H groups in total. The van der Waals surface area contributed by atoms with Crippen molar-refractivity contribution in [3.05, 3.63) is 72.8 Å². The van der Waals surface area contributed by atoms with Crippen LogP contribution in [0.3, 0.4) is 0 Å². The van der Waals surface area contributed by atoms with E-state index in [1.54, 1.807) is 42.5 Å². The summed E-state index contributed by atoms with van der Waals surface area (Å²) in [6, 6.07) is 20.7. The molecule has 1 aliphatic rings. The molecule has 0 saturated carbocycles. The van der Waals surface area contributed by atoms with E-state index in [1.165, 1.54) is 12.1 Å². The molecule has 0 atom stereocenters. The summed E-state index contributed by atoms with van der Waals surface area (Å²) in [6.45, 7) is 3.21. The molecule has 1 aromatic heterocycles. The van der Waals surface area contributed by atoms with Gasteiger partial charge in [0.05, 0.1) is 11.5 Å². The maximum absolute atomic E-state index is 13.6. The highest BCUT2D eigenvalue weighted by Crippen LogP contribution is 2.38. The summed E-state index contributed by atoms with van der Waals surface area (Å²) >= 11 is 0. The number of ether oxygens (including phenoxy) is 3. The summed E-state index contributed by atoms with van der Waals surface area (Å²) in [7, 11) is -4.05. The summed E-state index contributed by atoms with van der Waals surface area (Å²) < 4.78 is 49.8. The molecule has 0 fully saturated rings. The molecular weight excluding hydrogens is 456 g/mol. The zero-order valence-corrected chi connectivity index (χ0v) is 19.2. The maximum Gasteiger partial charge on any atom is 0.238 e. The molecule has 5 rings (SSSR count). The largest absolute Gasteiger partial charge is 0.494 e. The number of nitrogens with one attached hydrogen (secondary N) is 1. The van der Waals surface area contributed by atoms with Crippen molar-refractivity contribution in [2.45, 2.75) is 16.8 Å². The van der Waals surface area contributed by atoms with Crippen molar-refractivity contribution in [1.82, 2.24) is 4.98 Å². The van der Waals surface area contributed by atoms with Crippen molar-refractivity contribution in [2.75, 3.05) is 25.1 Å². The number of aromatic nitrogens is 1. The first-order valence-electron chi connectivity index (χ1n) is 10.8. The van der Waals surface area contributed by atoms with E-state index in [9.17, 15) is 8.42 Å². The molecule has 0 spiro atoms. The van der Waals surface area contributed by atoms with Gasteiger partial charge in [-0.25, -0.2) is 8.42 Å². The minimum Gasteiger partial charge on any atom is -0.494 e. The lowest BCUT2D eigenvalue weighted by molar-refractivity contribution is 0.171. The van der Waals surface area contributed by atoms with E-state index in [0.29, 0.717) is 48.3 Å². The minimum atomic E-state index is -4.05. The van der Waals surface area contributed by atoms with Gasteiger partial charge in [0.2, 0.25) is 26.6 Å². The Balaban J connectivity index is 1.58. The lowest BCUT2D eigenvalue weighted by Crippen LogP contribution is -2.16. The van der Waals surface area contributed by atoms with Crippen molar-refractivity contribution < 1.29 is 27.0 Å². The molecule has 8 nitrogen and oxygen atoms in total. The summed E-state index contributed by atoms with van der Waals surface area (Å²) in [6.07, 6.45) is 0. The number of hydrogen-bond acceptors (Lipinski definition) is 8. The van der Waals surface area contributed by atoms with Crippen LogP contribution in [0.4, 0.5) is 11.6 Å². The van der Waals surface area contributed by atoms with Crippen LogP contribution < -0.4 is 19.5 Å². The smallest absolute Gasteiger partial charge is 0.238 e. The Kier molecular flexibility index (Phi) is 5.85. The quantitative estimate of drug-likeness (QED) is 0.392. The van der Waals surface area contributed by atoms with Gasteiger partial charge in [0, 0.05) is 17.3 Å². The van der Waals surface area contributed by atoms with Crippen LogP contribution >= 0.6 is 0 Å². The van der Waals surface area contributed by atoms with Gasteiger partial charge in [0.15, 0.2) is 11.5 Å². The fraction of sp³-hybridized carbons (Fsp3) is 0.160. The van der Waals surface area contributed by atoms with Crippen LogP contribution in [0.1, 0.15) is 6.92 Å². The fourth-order valence-corrected chi connectivity index (χ4v) is 4.78. The van der Waals surface area contributed by atoms with Gasteiger partial charge in [-0.05, 0) is 55.5 Å². The molecule has 0 amide bonds. The first-order valence-corrected chi connectivity index (χ1v) is 12.2. The van der Waals surface area contributed by atoms with E-state index >= 15 is 0 Å². The van der Waals surface area contributed by atoms with Gasteiger partial charge in [-0.2, -0.15) is 4.98 Å². The molecule has 0 saturated heterocycles. The predicted octanol–water partition coefficient (Wildman–Crippen LogP) is 5.09. The fourth-order valence-electron chi connectivity index (χ4n) is 3.51. The second kappa shape index (κ2) is 9.11. The first kappa shape index (κ1) is 21.8. The van der Waals surface area contributed by atoms with Crippen molar-refractivity contribution in [2.24, 2.45) is 0 Å². The third-order valence-corrected chi connectivity index (χ3v) is 6.78. The second-order valence-electron chi connectivity index (χ2n) is 7.41. The number of para-hydroxylation sites is 1. The zero-order chi connectivity index (χ0) is 23.5. The Morgan fingerprint density at radius 1 is 0.941 bits per heavy atom. The van der Waals surface area contributed by atoms with Gasteiger partial charge >= 0.3 is 0 Å². The average Bonchev–Trinajstić information content (AvgIpc) is 3.29. The number of oxazole rings is 1. The number of benzene rings is 3. The molecule has 0 radical (unpaired) electrons. The zero-order valence-electron chi connectivity index (χ0n) is 18.4. The Labute approximate surface area is 197 Å². The number of hydrogen-bond donors (Lipinski definition) is 1. The SMILES string of the molecule is CCOc1ccc(-c2nc(S(=O)(=O)c3ccc4c(c3)OCCO4)c(Nc3ccccc3)o2)cc1. The number of nitrogens with zero attached hydrogens (tertiary/aromatic N) is 1. The van der Waals surface area contributed by atoms with E-state index in [1.807, 2.05) is 25.1 Å². The van der Waals surface area contributed by atoms with Gasteiger partial charge in [-0.15, -0.1) is 0 Å². The second-order valence-corrected chi connectivity index (χ2v) is 9.28. The Hall–Kier alpha value is -3.98. The molecule has 34 heavy (non-hydrogen) atoms. The van der Waals surface area contributed by atoms with Gasteiger partial charge in [0.25, 0.3) is 0 Å². The lowest BCUT2D eigenvalue weighted by atomic mass is 10.2. The molecule has 0 unspecified atom stereocenters. The predicted molar refractivity (Wildman–Crippen MR) is 126 cm³/mol. The molecule has 2 heterocycles. The van der Waals surface area contributed by atoms with Gasteiger partial charge in [0.1, 0.15) is 19.0 Å². The van der Waals surface area contributed by atoms with Crippen LogP contribution in [0.15, 0.2) is 87.1 Å². The van der Waals surface area contributed by atoms with Crippen LogP contribution in [0, 0.1) is 0 Å². The van der Waals surface area contributed by atoms with Gasteiger partial charge < -0.3 is 23.9 Å². The van der Waals surface area contributed by atoms with E-state index in [4.69, 9.17) is 18.6 Å². The molecule has 9 heteroatoms. The van der Waals surface area contributed by atoms with E-state index in [2.05, 4.69) is 10.3 Å². The number of sulfone groups is 1. The summed E-state index contributed by atoms with van der Waals surface area (Å²) in [5, 5.41) is 2.82. The first-order chi connectivity index (χ1) is 16.5. The standard InChI is InChI=1S/C25H22N2O6S/c1-2-30-19-10-8-17(9-11-19)23-27-25(24(33-23)26-18-6-4-3-5-7-18)34(28,29)20-12-13-21-22(16-20)32-15-14-31-21/h3-13,16,26H,2,14-15H2,1H3. The van der Waals surface area contributed by atoms with Crippen molar-refractivity contribution in [3.8, 4) is 28.7 Å². The lowest BCUT2D eigenvalue weighted by Gasteiger charge is -2.18. The number of rotatable bonds is 7. The van der Waals surface area contributed by atoms with Gasteiger partial charge in [-0.1, -0.05) is 18.2 Å². The average molecular weight is 479 g/mol. The van der Waals surface area contributed by atoms with Crippen LogP contribution in [-0.2, 0) is 9.84 Å². The van der Waals surface area contributed by atoms with Crippen LogP contribution in [-0.4, -0.2) is 33.2 Å². The molecule has 4 aromatic rings. The minimum absolute atomic E-state index is 0.0185. The van der Waals surface area contributed by atoms with E-state index in [0.717, 1.165) is 0 Å². The van der Waals surface area contributed by atoms with Crippen molar-refractivity contribution in [3.63, 3.8) is 0 Å². The van der Waals surface area contributed by atoms with Crippen LogP contribution in [0.5, 0.6) is 17.2 Å². The molecule has 3 aromatic carbocycles. The molecule has 0 aliphatic carbocycles. The third-order valence-electron chi connectivity index (χ3n) is 5.12. The summed E-state index contributed by atoms with van der Waals surface area (Å²) in [5.41, 5.74) is 1.28. The third kappa shape index (κ3) is 4.29. The molecule has 1 aliphatic heterocycles. The monoisotopic (exact) mass is 478 g/mol. The molecular formula is C25H22N2O6S. The Bertz CT molecular complexity index is 1400. The van der Waals surface area contributed by atoms with Crippen LogP contribution in [0.2, 0.25) is 0 Å². The topological polar surface area (TPSA) is 99.9 Å². The highest BCUT2D eigenvalue weighted by molar-refractivity contribution is 7.91. The molecule has 174 valence electrons. The number of fused-ring (bicyclic) bond motifs is 1. The number of anilines is 2. The van der Waals surface area contributed by atoms with E-state index in [-0.39, 0.29) is 21.7 Å². The summed E-state index contributed by atoms with van der Waals surface area (Å²) in [4.78, 5) is 4.41. The van der Waals surface area contributed by atoms with Crippen molar-refractivity contribution in [1.29, 1.82) is 0 Å². The Morgan fingerprint density at radius 2 is 1.68 bits per heavy atom.